The largest absolute Gasteiger partial charge is 0.349 e. The van der Waals surface area contributed by atoms with E-state index < -0.39 is 10.0 Å². The molecule has 0 heterocycles. The van der Waals surface area contributed by atoms with E-state index in [9.17, 15) is 13.2 Å². The molecule has 22 heavy (non-hydrogen) atoms. The molecule has 0 saturated heterocycles. The first-order valence-corrected chi connectivity index (χ1v) is 9.70. The van der Waals surface area contributed by atoms with Gasteiger partial charge in [-0.1, -0.05) is 37.3 Å². The van der Waals surface area contributed by atoms with Crippen LogP contribution in [0.4, 0.5) is 5.69 Å². The zero-order chi connectivity index (χ0) is 16.2. The molecule has 1 aliphatic rings. The SMILES string of the molecule is CS(=O)(=O)Nc1ccc(C(=O)NC2CCCCCC2)c(Cl)c1. The standard InChI is InChI=1S/C15H21ClN2O3S/c1-22(20,21)18-12-8-9-13(14(16)10-12)15(19)17-11-6-4-2-3-5-7-11/h8-11,18H,2-7H2,1H3,(H,17,19). The second-order valence-electron chi connectivity index (χ2n) is 5.73. The summed E-state index contributed by atoms with van der Waals surface area (Å²) in [5, 5.41) is 3.26. The minimum absolute atomic E-state index is 0.194. The predicted octanol–water partition coefficient (Wildman–Crippen LogP) is 3.16. The van der Waals surface area contributed by atoms with Gasteiger partial charge in [0.25, 0.3) is 5.91 Å². The molecular weight excluding hydrogens is 324 g/mol. The fraction of sp³-hybridized carbons (Fsp3) is 0.533. The smallest absolute Gasteiger partial charge is 0.253 e. The summed E-state index contributed by atoms with van der Waals surface area (Å²) in [4.78, 5) is 12.3. The number of carbonyl (C=O) groups excluding carboxylic acids is 1. The lowest BCUT2D eigenvalue weighted by atomic mass is 10.1. The van der Waals surface area contributed by atoms with Gasteiger partial charge in [0.1, 0.15) is 0 Å². The summed E-state index contributed by atoms with van der Waals surface area (Å²) in [5.74, 6) is -0.206. The van der Waals surface area contributed by atoms with E-state index in [4.69, 9.17) is 11.6 Å². The van der Waals surface area contributed by atoms with Crippen LogP contribution >= 0.6 is 11.6 Å². The third kappa shape index (κ3) is 5.18. The van der Waals surface area contributed by atoms with Gasteiger partial charge >= 0.3 is 0 Å². The maximum absolute atomic E-state index is 12.3. The van der Waals surface area contributed by atoms with Crippen molar-refractivity contribution >= 4 is 33.2 Å². The third-order valence-corrected chi connectivity index (χ3v) is 4.63. The molecule has 2 N–H and O–H groups in total. The molecular formula is C15H21ClN2O3S. The van der Waals surface area contributed by atoms with Crippen LogP contribution in [0.5, 0.6) is 0 Å². The van der Waals surface area contributed by atoms with Crippen molar-refractivity contribution in [2.75, 3.05) is 11.0 Å². The molecule has 1 fully saturated rings. The maximum atomic E-state index is 12.3. The van der Waals surface area contributed by atoms with Crippen molar-refractivity contribution in [2.24, 2.45) is 0 Å². The molecule has 1 amide bonds. The molecule has 0 radical (unpaired) electrons. The average molecular weight is 345 g/mol. The second kappa shape index (κ2) is 7.33. The lowest BCUT2D eigenvalue weighted by Crippen LogP contribution is -2.34. The topological polar surface area (TPSA) is 75.3 Å². The van der Waals surface area contributed by atoms with Gasteiger partial charge in [0.2, 0.25) is 10.0 Å². The molecule has 1 aromatic carbocycles. The Morgan fingerprint density at radius 3 is 2.36 bits per heavy atom. The van der Waals surface area contributed by atoms with Gasteiger partial charge in [0.05, 0.1) is 16.8 Å². The van der Waals surface area contributed by atoms with E-state index in [1.54, 1.807) is 6.07 Å². The number of benzene rings is 1. The normalized spacial score (nSPS) is 16.8. The van der Waals surface area contributed by atoms with Crippen LogP contribution in [-0.4, -0.2) is 26.6 Å². The first-order chi connectivity index (χ1) is 10.3. The first kappa shape index (κ1) is 17.1. The monoisotopic (exact) mass is 344 g/mol. The van der Waals surface area contributed by atoms with Crippen molar-refractivity contribution in [3.8, 4) is 0 Å². The van der Waals surface area contributed by atoms with Crippen molar-refractivity contribution < 1.29 is 13.2 Å². The Morgan fingerprint density at radius 2 is 1.82 bits per heavy atom. The lowest BCUT2D eigenvalue weighted by Gasteiger charge is -2.17. The number of hydrogen-bond donors (Lipinski definition) is 2. The van der Waals surface area contributed by atoms with E-state index in [0.29, 0.717) is 11.3 Å². The van der Waals surface area contributed by atoms with Crippen molar-refractivity contribution in [2.45, 2.75) is 44.6 Å². The molecule has 1 aromatic rings. The Hall–Kier alpha value is -1.27. The highest BCUT2D eigenvalue weighted by Crippen LogP contribution is 2.23. The van der Waals surface area contributed by atoms with Crippen LogP contribution in [0.25, 0.3) is 0 Å². The molecule has 5 nitrogen and oxygen atoms in total. The molecule has 1 saturated carbocycles. The van der Waals surface area contributed by atoms with Gasteiger partial charge in [-0.3, -0.25) is 9.52 Å². The summed E-state index contributed by atoms with van der Waals surface area (Å²) in [5.41, 5.74) is 0.712. The summed E-state index contributed by atoms with van der Waals surface area (Å²) in [6.45, 7) is 0. The quantitative estimate of drug-likeness (QED) is 0.824. The Kier molecular flexibility index (Phi) is 5.69. The van der Waals surface area contributed by atoms with Gasteiger partial charge in [0, 0.05) is 11.7 Å². The summed E-state index contributed by atoms with van der Waals surface area (Å²) in [6, 6.07) is 4.72. The number of nitrogens with one attached hydrogen (secondary N) is 2. The zero-order valence-corrected chi connectivity index (χ0v) is 14.1. The minimum Gasteiger partial charge on any atom is -0.349 e. The Labute approximate surface area is 136 Å². The van der Waals surface area contributed by atoms with Crippen molar-refractivity contribution in [3.63, 3.8) is 0 Å². The van der Waals surface area contributed by atoms with Gasteiger partial charge in [0.15, 0.2) is 0 Å². The summed E-state index contributed by atoms with van der Waals surface area (Å²) in [7, 11) is -3.36. The Morgan fingerprint density at radius 1 is 1.18 bits per heavy atom. The average Bonchev–Trinajstić information content (AvgIpc) is 2.65. The predicted molar refractivity (Wildman–Crippen MR) is 88.9 cm³/mol. The first-order valence-electron chi connectivity index (χ1n) is 7.43. The number of hydrogen-bond acceptors (Lipinski definition) is 3. The molecule has 0 aromatic heterocycles. The second-order valence-corrected chi connectivity index (χ2v) is 7.89. The van der Waals surface area contributed by atoms with Gasteiger partial charge in [-0.25, -0.2) is 8.42 Å². The number of anilines is 1. The van der Waals surface area contributed by atoms with Crippen molar-refractivity contribution in [1.29, 1.82) is 0 Å². The van der Waals surface area contributed by atoms with Crippen LogP contribution in [0, 0.1) is 0 Å². The third-order valence-electron chi connectivity index (χ3n) is 3.71. The van der Waals surface area contributed by atoms with Crippen LogP contribution < -0.4 is 10.0 Å². The molecule has 0 bridgehead atoms. The molecule has 0 spiro atoms. The van der Waals surface area contributed by atoms with E-state index in [1.807, 2.05) is 0 Å². The van der Waals surface area contributed by atoms with Crippen molar-refractivity contribution in [1.82, 2.24) is 5.32 Å². The molecule has 0 unspecified atom stereocenters. The van der Waals surface area contributed by atoms with Crippen LogP contribution in [0.2, 0.25) is 5.02 Å². The fourth-order valence-electron chi connectivity index (χ4n) is 2.66. The van der Waals surface area contributed by atoms with Gasteiger partial charge in [-0.05, 0) is 31.0 Å². The van der Waals surface area contributed by atoms with Crippen LogP contribution in [0.1, 0.15) is 48.9 Å². The van der Waals surface area contributed by atoms with Crippen LogP contribution in [0.15, 0.2) is 18.2 Å². The van der Waals surface area contributed by atoms with Crippen LogP contribution in [0.3, 0.4) is 0 Å². The Bertz CT molecular complexity index is 638. The van der Waals surface area contributed by atoms with Crippen LogP contribution in [-0.2, 0) is 10.0 Å². The summed E-state index contributed by atoms with van der Waals surface area (Å²) in [6.07, 6.45) is 7.77. The van der Waals surface area contributed by atoms with E-state index in [2.05, 4.69) is 10.0 Å². The number of carbonyl (C=O) groups is 1. The molecule has 2 rings (SSSR count). The van der Waals surface area contributed by atoms with Gasteiger partial charge in [-0.2, -0.15) is 0 Å². The van der Waals surface area contributed by atoms with E-state index in [0.717, 1.165) is 31.9 Å². The number of sulfonamides is 1. The fourth-order valence-corrected chi connectivity index (χ4v) is 3.49. The highest BCUT2D eigenvalue weighted by Gasteiger charge is 2.18. The van der Waals surface area contributed by atoms with Crippen molar-refractivity contribution in [3.05, 3.63) is 28.8 Å². The lowest BCUT2D eigenvalue weighted by molar-refractivity contribution is 0.0933. The number of amides is 1. The molecule has 122 valence electrons. The number of rotatable bonds is 4. The van der Waals surface area contributed by atoms with E-state index in [1.165, 1.54) is 25.0 Å². The molecule has 1 aliphatic carbocycles. The van der Waals surface area contributed by atoms with E-state index in [-0.39, 0.29) is 17.0 Å². The summed E-state index contributed by atoms with van der Waals surface area (Å²) < 4.78 is 24.7. The Balaban J connectivity index is 2.06. The highest BCUT2D eigenvalue weighted by atomic mass is 35.5. The van der Waals surface area contributed by atoms with Gasteiger partial charge < -0.3 is 5.32 Å². The maximum Gasteiger partial charge on any atom is 0.253 e. The molecule has 7 heteroatoms. The van der Waals surface area contributed by atoms with E-state index >= 15 is 0 Å². The molecule has 0 atom stereocenters. The zero-order valence-electron chi connectivity index (χ0n) is 12.6. The highest BCUT2D eigenvalue weighted by molar-refractivity contribution is 7.92. The molecule has 0 aliphatic heterocycles. The summed E-state index contributed by atoms with van der Waals surface area (Å²) >= 11 is 6.11. The number of halogens is 1. The van der Waals surface area contributed by atoms with Gasteiger partial charge in [-0.15, -0.1) is 0 Å². The minimum atomic E-state index is -3.36.